The van der Waals surface area contributed by atoms with Crippen molar-refractivity contribution >= 4 is 50.1 Å². The van der Waals surface area contributed by atoms with Crippen LogP contribution in [0, 0.1) is 0 Å². The molecule has 0 saturated heterocycles. The molecule has 0 rings (SSSR count). The molecular formula is C4H4BLiO9. The molecule has 78 valence electrons. The normalized spacial score (nSPS) is 8.07. The van der Waals surface area contributed by atoms with Crippen LogP contribution in [0.1, 0.15) is 0 Å². The molecular weight excluding hydrogens is 210 g/mol. The Morgan fingerprint density at radius 3 is 1.33 bits per heavy atom. The van der Waals surface area contributed by atoms with Gasteiger partial charge in [0.1, 0.15) is 0 Å². The van der Waals surface area contributed by atoms with Crippen LogP contribution in [-0.4, -0.2) is 65.3 Å². The van der Waals surface area contributed by atoms with Gasteiger partial charge in [-0.15, -0.1) is 0 Å². The Morgan fingerprint density at radius 1 is 0.867 bits per heavy atom. The van der Waals surface area contributed by atoms with Gasteiger partial charge in [0.15, 0.2) is 0 Å². The zero-order chi connectivity index (χ0) is 11.3. The van der Waals surface area contributed by atoms with E-state index in [1.807, 2.05) is 0 Å². The minimum absolute atomic E-state index is 0. The van der Waals surface area contributed by atoms with E-state index in [4.69, 9.17) is 15.2 Å². The first-order chi connectivity index (χ1) is 6.34. The maximum absolute atomic E-state index is 10.2. The van der Waals surface area contributed by atoms with Crippen LogP contribution in [0.5, 0.6) is 0 Å². The third kappa shape index (κ3) is 6.56. The van der Waals surface area contributed by atoms with Crippen molar-refractivity contribution < 1.29 is 43.7 Å². The van der Waals surface area contributed by atoms with Crippen molar-refractivity contribution in [3.8, 4) is 0 Å². The molecule has 0 spiro atoms. The summed E-state index contributed by atoms with van der Waals surface area (Å²) in [6, 6.07) is 0. The molecule has 0 aliphatic rings. The number of rotatable bonds is 2. The molecule has 0 aromatic rings. The van der Waals surface area contributed by atoms with E-state index >= 15 is 0 Å². The molecule has 15 heavy (non-hydrogen) atoms. The molecule has 11 heteroatoms. The molecule has 0 aromatic carbocycles. The summed E-state index contributed by atoms with van der Waals surface area (Å²) in [6.07, 6.45) is 0. The number of aliphatic carboxylic acids is 2. The van der Waals surface area contributed by atoms with E-state index in [0.29, 0.717) is 0 Å². The van der Waals surface area contributed by atoms with Gasteiger partial charge in [-0.1, -0.05) is 0 Å². The third-order valence-electron chi connectivity index (χ3n) is 0.765. The van der Waals surface area contributed by atoms with Crippen LogP contribution in [0.2, 0.25) is 0 Å². The number of carbonyl (C=O) groups is 4. The van der Waals surface area contributed by atoms with Gasteiger partial charge in [-0.2, -0.15) is 0 Å². The van der Waals surface area contributed by atoms with Gasteiger partial charge in [-0.05, 0) is 0 Å². The van der Waals surface area contributed by atoms with Gasteiger partial charge in [0, 0.05) is 0 Å². The number of hydrogen-bond acceptors (Lipinski definition) is 7. The predicted molar refractivity (Wildman–Crippen MR) is 42.6 cm³/mol. The summed E-state index contributed by atoms with van der Waals surface area (Å²) in [4.78, 5) is 40.0. The quantitative estimate of drug-likeness (QED) is 0.315. The molecule has 0 saturated carbocycles. The fourth-order valence-electron chi connectivity index (χ4n) is 0.308. The van der Waals surface area contributed by atoms with Gasteiger partial charge in [0.05, 0.1) is 0 Å². The molecule has 0 unspecified atom stereocenters. The summed E-state index contributed by atoms with van der Waals surface area (Å²) < 4.78 is 7.09. The van der Waals surface area contributed by atoms with Crippen molar-refractivity contribution in [2.45, 2.75) is 0 Å². The topological polar surface area (TPSA) is 147 Å². The first-order valence-corrected chi connectivity index (χ1v) is 2.90. The molecule has 0 aromatic heterocycles. The summed E-state index contributed by atoms with van der Waals surface area (Å²) >= 11 is 0. The Kier molecular flexibility index (Phi) is 7.32. The summed E-state index contributed by atoms with van der Waals surface area (Å²) in [5.41, 5.74) is 0. The van der Waals surface area contributed by atoms with Gasteiger partial charge < -0.3 is 24.5 Å². The second-order valence-corrected chi connectivity index (χ2v) is 1.73. The first-order valence-electron chi connectivity index (χ1n) is 2.90. The average Bonchev–Trinajstić information content (AvgIpc) is 2.03. The third-order valence-corrected chi connectivity index (χ3v) is 0.765. The fraction of sp³-hybridized carbons (Fsp3) is 0. The van der Waals surface area contributed by atoms with Crippen LogP contribution in [-0.2, 0) is 28.5 Å². The molecule has 9 nitrogen and oxygen atoms in total. The Morgan fingerprint density at radius 2 is 1.13 bits per heavy atom. The van der Waals surface area contributed by atoms with Gasteiger partial charge in [-0.3, -0.25) is 0 Å². The van der Waals surface area contributed by atoms with E-state index in [0.717, 1.165) is 0 Å². The van der Waals surface area contributed by atoms with Crippen LogP contribution in [0.25, 0.3) is 0 Å². The zero-order valence-electron chi connectivity index (χ0n) is 6.37. The van der Waals surface area contributed by atoms with E-state index < -0.39 is 31.2 Å². The fourth-order valence-corrected chi connectivity index (χ4v) is 0.308. The standard InChI is InChI=1S/C4H3BO9.Li.H/c6-1(7)3(10)13-5(12)14-4(11)2(8)9;;/h12H,(H,6,7)(H,8,9);;. The second kappa shape index (κ2) is 6.88. The van der Waals surface area contributed by atoms with Crippen molar-refractivity contribution in [2.24, 2.45) is 0 Å². The molecule has 0 radical (unpaired) electrons. The van der Waals surface area contributed by atoms with Crippen molar-refractivity contribution in [1.82, 2.24) is 0 Å². The van der Waals surface area contributed by atoms with Gasteiger partial charge in [-0.25, -0.2) is 19.2 Å². The molecule has 0 fully saturated rings. The van der Waals surface area contributed by atoms with Crippen LogP contribution in [0.4, 0.5) is 0 Å². The van der Waals surface area contributed by atoms with E-state index in [2.05, 4.69) is 9.31 Å². The van der Waals surface area contributed by atoms with Gasteiger partial charge in [0.25, 0.3) is 0 Å². The molecule has 0 amide bonds. The Bertz CT molecular complexity index is 260. The van der Waals surface area contributed by atoms with Crippen LogP contribution in [0.15, 0.2) is 0 Å². The summed E-state index contributed by atoms with van der Waals surface area (Å²) in [5.74, 6) is -7.85. The molecule has 0 aliphatic carbocycles. The number of carboxylic acids is 2. The summed E-state index contributed by atoms with van der Waals surface area (Å²) in [6.45, 7) is 0. The Labute approximate surface area is 94.3 Å². The van der Waals surface area contributed by atoms with E-state index in [-0.39, 0.29) is 18.9 Å². The predicted octanol–water partition coefficient (Wildman–Crippen LogP) is -3.43. The van der Waals surface area contributed by atoms with Crippen molar-refractivity contribution in [2.75, 3.05) is 0 Å². The maximum atomic E-state index is 10.2. The number of carbonyl (C=O) groups excluding carboxylic acids is 2. The van der Waals surface area contributed by atoms with Crippen LogP contribution < -0.4 is 0 Å². The second-order valence-electron chi connectivity index (χ2n) is 1.73. The minimum atomic E-state index is -2.57. The van der Waals surface area contributed by atoms with E-state index in [1.165, 1.54) is 0 Å². The SMILES string of the molecule is O=C(O)C(=O)OB(O)OC(=O)C(=O)O.[LiH]. The Balaban J connectivity index is 0. The number of carboxylic acid groups (broad SMARTS) is 2. The van der Waals surface area contributed by atoms with Gasteiger partial charge >= 0.3 is 50.1 Å². The first kappa shape index (κ1) is 16.0. The Hall–Kier alpha value is -1.50. The molecule has 0 heterocycles. The van der Waals surface area contributed by atoms with E-state index in [1.54, 1.807) is 0 Å². The van der Waals surface area contributed by atoms with Crippen molar-refractivity contribution in [3.05, 3.63) is 0 Å². The molecule has 0 bridgehead atoms. The molecule has 3 N–H and O–H groups in total. The molecule has 0 aliphatic heterocycles. The van der Waals surface area contributed by atoms with Gasteiger partial charge in [0.2, 0.25) is 0 Å². The van der Waals surface area contributed by atoms with Crippen LogP contribution in [0.3, 0.4) is 0 Å². The summed E-state index contributed by atoms with van der Waals surface area (Å²) in [7, 11) is -2.57. The monoisotopic (exact) mass is 214 g/mol. The van der Waals surface area contributed by atoms with E-state index in [9.17, 15) is 19.2 Å². The van der Waals surface area contributed by atoms with Crippen molar-refractivity contribution in [1.29, 1.82) is 0 Å². The zero-order valence-corrected chi connectivity index (χ0v) is 6.37. The molecule has 0 atom stereocenters. The summed E-state index contributed by atoms with van der Waals surface area (Å²) in [5, 5.41) is 24.3. The average molecular weight is 214 g/mol. The van der Waals surface area contributed by atoms with Crippen molar-refractivity contribution in [3.63, 3.8) is 0 Å². The van der Waals surface area contributed by atoms with Crippen LogP contribution >= 0.6 is 0 Å². The number of hydrogen-bond donors (Lipinski definition) is 3.